The Morgan fingerprint density at radius 3 is 1.00 bits per heavy atom. The first-order valence-corrected chi connectivity index (χ1v) is 6.51. The van der Waals surface area contributed by atoms with Crippen LogP contribution in [0.3, 0.4) is 0 Å². The van der Waals surface area contributed by atoms with Crippen LogP contribution in [0.5, 0.6) is 0 Å². The van der Waals surface area contributed by atoms with Gasteiger partial charge in [0.05, 0.1) is 12.8 Å². The molecular weight excluding hydrogens is 392 g/mol. The van der Waals surface area contributed by atoms with E-state index >= 15 is 0 Å². The van der Waals surface area contributed by atoms with Crippen molar-refractivity contribution < 1.29 is 86.1 Å². The van der Waals surface area contributed by atoms with E-state index in [9.17, 15) is 14.4 Å². The fourth-order valence-corrected chi connectivity index (χ4v) is 0.714. The summed E-state index contributed by atoms with van der Waals surface area (Å²) in [6, 6.07) is 0. The Bertz CT molecular complexity index is 376. The smallest absolute Gasteiger partial charge is 0.481 e. The first-order chi connectivity index (χ1) is 9.51. The molecule has 0 aliphatic rings. The van der Waals surface area contributed by atoms with Crippen LogP contribution in [0.25, 0.3) is 0 Å². The first-order valence-electron chi connectivity index (χ1n) is 4.72. The second-order valence-corrected chi connectivity index (χ2v) is 4.56. The molecule has 0 bridgehead atoms. The van der Waals surface area contributed by atoms with Crippen molar-refractivity contribution in [2.75, 3.05) is 0 Å². The van der Waals surface area contributed by atoms with E-state index < -0.39 is 51.6 Å². The van der Waals surface area contributed by atoms with Crippen molar-refractivity contribution in [2.45, 2.75) is 18.4 Å². The van der Waals surface area contributed by atoms with Crippen LogP contribution in [0.2, 0.25) is 0 Å². The van der Waals surface area contributed by atoms with Crippen molar-refractivity contribution in [1.29, 1.82) is 0 Å². The first kappa shape index (κ1) is 29.3. The molecule has 0 aromatic carbocycles. The Balaban J connectivity index is -0.000000150. The number of carbonyl (C=O) groups is 4. The van der Waals surface area contributed by atoms with Gasteiger partial charge >= 0.3 is 33.1 Å². The van der Waals surface area contributed by atoms with Crippen LogP contribution in [0.4, 0.5) is 4.79 Å². The monoisotopic (exact) mass is 406 g/mol. The van der Waals surface area contributed by atoms with Crippen LogP contribution < -0.4 is 0 Å². The molecule has 0 amide bonds. The molecule has 0 saturated carbocycles. The molecule has 0 saturated heterocycles. The summed E-state index contributed by atoms with van der Waals surface area (Å²) in [6.45, 7) is 0. The van der Waals surface area contributed by atoms with E-state index in [0.717, 1.165) is 0 Å². The van der Waals surface area contributed by atoms with Gasteiger partial charge in [-0.3, -0.25) is 9.59 Å². The molecular formula is C7H14FeO14Si. The maximum absolute atomic E-state index is 10.3. The number of carboxylic acid groups (broad SMARTS) is 5. The third-order valence-corrected chi connectivity index (χ3v) is 1.29. The van der Waals surface area contributed by atoms with E-state index in [0.29, 0.717) is 0 Å². The maximum atomic E-state index is 10.3. The van der Waals surface area contributed by atoms with Crippen LogP contribution in [-0.2, 0) is 31.5 Å². The maximum Gasteiger partial charge on any atom is 0.668 e. The Morgan fingerprint density at radius 1 is 0.739 bits per heavy atom. The molecule has 0 aromatic rings. The summed E-state index contributed by atoms with van der Waals surface area (Å²) in [5.41, 5.74) is -2.74. The quantitative estimate of drug-likeness (QED) is 0.197. The average Bonchev–Trinajstić information content (AvgIpc) is 2.09. The summed E-state index contributed by atoms with van der Waals surface area (Å²) in [7, 11) is -4.61. The van der Waals surface area contributed by atoms with Gasteiger partial charge in [-0.25, -0.2) is 9.59 Å². The fraction of sp³-hybridized carbons (Fsp3) is 0.429. The zero-order valence-corrected chi connectivity index (χ0v) is 13.0. The number of aliphatic carboxylic acids is 3. The molecule has 0 rings (SSSR count). The normalized spacial score (nSPS) is 9.78. The van der Waals surface area contributed by atoms with E-state index in [1.165, 1.54) is 0 Å². The summed E-state index contributed by atoms with van der Waals surface area (Å²) in [6.07, 6.45) is -4.12. The number of carboxylic acids is 3. The summed E-state index contributed by atoms with van der Waals surface area (Å²) in [5.74, 6) is -5.02. The van der Waals surface area contributed by atoms with Crippen molar-refractivity contribution in [3.63, 3.8) is 0 Å². The molecule has 0 spiro atoms. The third-order valence-electron chi connectivity index (χ3n) is 1.29. The van der Waals surface area contributed by atoms with Gasteiger partial charge in [-0.05, 0) is 0 Å². The molecule has 0 aromatic heterocycles. The molecule has 0 radical (unpaired) electrons. The second kappa shape index (κ2) is 12.7. The van der Waals surface area contributed by atoms with Crippen molar-refractivity contribution in [2.24, 2.45) is 0 Å². The molecule has 0 unspecified atom stereocenters. The van der Waals surface area contributed by atoms with Crippen LogP contribution in [0, 0.1) is 0 Å². The number of hydrogen-bond donors (Lipinski definition) is 10. The van der Waals surface area contributed by atoms with Crippen molar-refractivity contribution in [1.82, 2.24) is 0 Å². The fourth-order valence-electron chi connectivity index (χ4n) is 0.714. The van der Waals surface area contributed by atoms with Crippen LogP contribution in [0.15, 0.2) is 0 Å². The largest absolute Gasteiger partial charge is 0.668 e. The summed E-state index contributed by atoms with van der Waals surface area (Å²) >= 11 is 0. The minimum absolute atomic E-state index is 0. The van der Waals surface area contributed by atoms with Crippen LogP contribution >= 0.6 is 0 Å². The molecule has 0 atom stereocenters. The molecule has 16 heteroatoms. The average molecular weight is 406 g/mol. The van der Waals surface area contributed by atoms with E-state index in [-0.39, 0.29) is 17.1 Å². The Hall–Kier alpha value is -1.78. The molecule has 14 nitrogen and oxygen atoms in total. The standard InChI is InChI=1S/C6H8O7.CH2O3.Fe.H4O4Si/c7-3(8)1-6(13,5(11)12)2-4(9)10;2-1(3)4;;1-5(2,3)4/h13H,1-2H2,(H,7,8)(H,9,10)(H,11,12);(H2,2,3,4);;1-4H. The van der Waals surface area contributed by atoms with Gasteiger partial charge in [0.2, 0.25) is 0 Å². The molecule has 23 heavy (non-hydrogen) atoms. The SMILES string of the molecule is O=C(O)CC(O)(CC(=O)O)C(=O)O.O=C(O)O.O[Si](O)(O)O.[Fe]. The summed E-state index contributed by atoms with van der Waals surface area (Å²) in [5, 5.41) is 47.8. The zero-order valence-electron chi connectivity index (χ0n) is 10.9. The van der Waals surface area contributed by atoms with E-state index in [4.69, 9.17) is 54.6 Å². The number of hydrogen-bond acceptors (Lipinski definition) is 9. The van der Waals surface area contributed by atoms with E-state index in [1.807, 2.05) is 0 Å². The molecule has 138 valence electrons. The van der Waals surface area contributed by atoms with Crippen LogP contribution in [-0.4, -0.2) is 88.5 Å². The molecule has 0 fully saturated rings. The summed E-state index contributed by atoms with van der Waals surface area (Å²) < 4.78 is 0. The minimum atomic E-state index is -4.61. The van der Waals surface area contributed by atoms with Gasteiger partial charge in [-0.2, -0.15) is 0 Å². The predicted molar refractivity (Wildman–Crippen MR) is 62.4 cm³/mol. The summed E-state index contributed by atoms with van der Waals surface area (Å²) in [4.78, 5) is 68.3. The molecule has 10 N–H and O–H groups in total. The van der Waals surface area contributed by atoms with Gasteiger partial charge in [0.1, 0.15) is 0 Å². The zero-order chi connectivity index (χ0) is 18.7. The van der Waals surface area contributed by atoms with Crippen LogP contribution in [0.1, 0.15) is 12.8 Å². The number of rotatable bonds is 5. The second-order valence-electron chi connectivity index (χ2n) is 3.36. The van der Waals surface area contributed by atoms with Crippen molar-refractivity contribution in [3.05, 3.63) is 0 Å². The van der Waals surface area contributed by atoms with Gasteiger partial charge in [0, 0.05) is 17.1 Å². The van der Waals surface area contributed by atoms with Gasteiger partial charge in [0.25, 0.3) is 0 Å². The molecule has 0 aliphatic heterocycles. The molecule has 0 heterocycles. The Labute approximate surface area is 138 Å². The topological polar surface area (TPSA) is 271 Å². The predicted octanol–water partition coefficient (Wildman–Crippen LogP) is -3.64. The van der Waals surface area contributed by atoms with Gasteiger partial charge in [-0.15, -0.1) is 0 Å². The van der Waals surface area contributed by atoms with Gasteiger partial charge in [0.15, 0.2) is 5.60 Å². The number of aliphatic hydroxyl groups is 1. The van der Waals surface area contributed by atoms with Gasteiger partial charge < -0.3 is 49.8 Å². The Morgan fingerprint density at radius 2 is 0.913 bits per heavy atom. The van der Waals surface area contributed by atoms with E-state index in [1.54, 1.807) is 0 Å². The third kappa shape index (κ3) is 33.2. The van der Waals surface area contributed by atoms with Crippen molar-refractivity contribution >= 4 is 33.1 Å². The van der Waals surface area contributed by atoms with Gasteiger partial charge in [-0.1, -0.05) is 0 Å². The molecule has 0 aliphatic carbocycles. The Kier molecular flexibility index (Phi) is 16.2. The minimum Gasteiger partial charge on any atom is -0.481 e. The van der Waals surface area contributed by atoms with Crippen molar-refractivity contribution in [3.8, 4) is 0 Å². The van der Waals surface area contributed by atoms with E-state index in [2.05, 4.69) is 0 Å².